The highest BCUT2D eigenvalue weighted by molar-refractivity contribution is 7.94. The zero-order valence-corrected chi connectivity index (χ0v) is 10.4. The van der Waals surface area contributed by atoms with E-state index in [1.165, 1.54) is 0 Å². The minimum absolute atomic E-state index is 0.0400. The molecule has 0 fully saturated rings. The SMILES string of the molecule is CC(C)(C(=O)O)S(=O)(=O)CC(=O)NCCC#N. The van der Waals surface area contributed by atoms with Gasteiger partial charge < -0.3 is 10.4 Å². The maximum atomic E-state index is 11.6. The van der Waals surface area contributed by atoms with Crippen molar-refractivity contribution in [1.29, 1.82) is 5.26 Å². The number of carboxylic acid groups (broad SMARTS) is 1. The maximum absolute atomic E-state index is 11.6. The van der Waals surface area contributed by atoms with Gasteiger partial charge in [0.15, 0.2) is 14.6 Å². The minimum Gasteiger partial charge on any atom is -0.480 e. The third kappa shape index (κ3) is 4.03. The highest BCUT2D eigenvalue weighted by atomic mass is 32.2. The van der Waals surface area contributed by atoms with Gasteiger partial charge in [-0.15, -0.1) is 0 Å². The molecule has 0 aliphatic carbocycles. The van der Waals surface area contributed by atoms with Gasteiger partial charge in [-0.1, -0.05) is 0 Å². The number of nitriles is 1. The Bertz CT molecular complexity index is 446. The zero-order valence-electron chi connectivity index (χ0n) is 9.56. The van der Waals surface area contributed by atoms with Crippen molar-refractivity contribution in [3.05, 3.63) is 0 Å². The summed E-state index contributed by atoms with van der Waals surface area (Å²) in [6.45, 7) is 2.08. The molecule has 0 atom stereocenters. The molecule has 0 rings (SSSR count). The van der Waals surface area contributed by atoms with Crippen LogP contribution in [0.5, 0.6) is 0 Å². The van der Waals surface area contributed by atoms with Gasteiger partial charge in [0.25, 0.3) is 0 Å². The fourth-order valence-corrected chi connectivity index (χ4v) is 1.87. The van der Waals surface area contributed by atoms with Gasteiger partial charge in [-0.25, -0.2) is 8.42 Å². The summed E-state index contributed by atoms with van der Waals surface area (Å²) < 4.78 is 21.2. The van der Waals surface area contributed by atoms with Crippen molar-refractivity contribution in [2.45, 2.75) is 25.0 Å². The molecular formula is C9H14N2O5S. The van der Waals surface area contributed by atoms with Crippen LogP contribution in [0.1, 0.15) is 20.3 Å². The first-order valence-electron chi connectivity index (χ1n) is 4.74. The van der Waals surface area contributed by atoms with Crippen LogP contribution in [0.3, 0.4) is 0 Å². The molecule has 0 aliphatic heterocycles. The van der Waals surface area contributed by atoms with E-state index >= 15 is 0 Å². The molecular weight excluding hydrogens is 248 g/mol. The molecule has 96 valence electrons. The standard InChI is InChI=1S/C9H14N2O5S/c1-9(2,8(13)14)17(15,16)6-7(12)11-5-3-4-10/h3,5-6H2,1-2H3,(H,11,12)(H,13,14). The average Bonchev–Trinajstić information content (AvgIpc) is 2.16. The first kappa shape index (κ1) is 15.4. The van der Waals surface area contributed by atoms with Crippen LogP contribution in [-0.4, -0.2) is 42.4 Å². The molecule has 0 aromatic rings. The third-order valence-electron chi connectivity index (χ3n) is 2.17. The number of amides is 1. The number of rotatable bonds is 6. The number of sulfone groups is 1. The van der Waals surface area contributed by atoms with Crippen molar-refractivity contribution in [3.63, 3.8) is 0 Å². The molecule has 0 heterocycles. The van der Waals surface area contributed by atoms with Crippen LogP contribution < -0.4 is 5.32 Å². The van der Waals surface area contributed by atoms with Gasteiger partial charge in [0.2, 0.25) is 5.91 Å². The number of carbonyl (C=O) groups is 2. The molecule has 17 heavy (non-hydrogen) atoms. The largest absolute Gasteiger partial charge is 0.480 e. The first-order valence-corrected chi connectivity index (χ1v) is 6.39. The monoisotopic (exact) mass is 262 g/mol. The van der Waals surface area contributed by atoms with Crippen LogP contribution in [-0.2, 0) is 19.4 Å². The van der Waals surface area contributed by atoms with E-state index in [0.717, 1.165) is 13.8 Å². The van der Waals surface area contributed by atoms with Crippen LogP contribution >= 0.6 is 0 Å². The summed E-state index contributed by atoms with van der Waals surface area (Å²) in [5, 5.41) is 19.2. The van der Waals surface area contributed by atoms with Crippen LogP contribution in [0.15, 0.2) is 0 Å². The molecule has 8 heteroatoms. The molecule has 0 bridgehead atoms. The van der Waals surface area contributed by atoms with E-state index < -0.39 is 32.2 Å². The fourth-order valence-electron chi connectivity index (χ4n) is 0.795. The summed E-state index contributed by atoms with van der Waals surface area (Å²) in [7, 11) is -4.09. The van der Waals surface area contributed by atoms with Crippen LogP contribution in [0.25, 0.3) is 0 Å². The van der Waals surface area contributed by atoms with Gasteiger partial charge >= 0.3 is 5.97 Å². The lowest BCUT2D eigenvalue weighted by Crippen LogP contribution is -2.45. The molecule has 0 spiro atoms. The summed E-state index contributed by atoms with van der Waals surface area (Å²) in [5.74, 6) is -3.23. The maximum Gasteiger partial charge on any atom is 0.324 e. The van der Waals surface area contributed by atoms with E-state index in [0.29, 0.717) is 0 Å². The quantitative estimate of drug-likeness (QED) is 0.609. The van der Waals surface area contributed by atoms with Crippen molar-refractivity contribution in [2.75, 3.05) is 12.3 Å². The number of aliphatic carboxylic acids is 1. The number of hydrogen-bond acceptors (Lipinski definition) is 5. The molecule has 0 aromatic heterocycles. The molecule has 0 aromatic carbocycles. The Morgan fingerprint density at radius 3 is 2.35 bits per heavy atom. The van der Waals surface area contributed by atoms with E-state index in [1.807, 2.05) is 0 Å². The molecule has 0 radical (unpaired) electrons. The summed E-state index contributed by atoms with van der Waals surface area (Å²) in [4.78, 5) is 22.0. The molecule has 0 saturated carbocycles. The summed E-state index contributed by atoms with van der Waals surface area (Å²) >= 11 is 0. The molecule has 0 aliphatic rings. The second kappa shape index (κ2) is 5.63. The van der Waals surface area contributed by atoms with Gasteiger partial charge in [0, 0.05) is 6.54 Å². The number of hydrogen-bond donors (Lipinski definition) is 2. The van der Waals surface area contributed by atoms with Crippen molar-refractivity contribution in [3.8, 4) is 6.07 Å². The van der Waals surface area contributed by atoms with E-state index in [1.54, 1.807) is 6.07 Å². The molecule has 1 amide bonds. The highest BCUT2D eigenvalue weighted by Crippen LogP contribution is 2.17. The number of carboxylic acids is 1. The van der Waals surface area contributed by atoms with Crippen LogP contribution in [0, 0.1) is 11.3 Å². The second-order valence-electron chi connectivity index (χ2n) is 3.83. The van der Waals surface area contributed by atoms with Gasteiger partial charge in [-0.05, 0) is 13.8 Å². The average molecular weight is 262 g/mol. The normalized spacial score (nSPS) is 11.6. The van der Waals surface area contributed by atoms with E-state index in [2.05, 4.69) is 5.32 Å². The predicted octanol–water partition coefficient (Wildman–Crippen LogP) is -0.706. The van der Waals surface area contributed by atoms with Crippen LogP contribution in [0.4, 0.5) is 0 Å². The van der Waals surface area contributed by atoms with E-state index in [-0.39, 0.29) is 13.0 Å². The lowest BCUT2D eigenvalue weighted by Gasteiger charge is -2.19. The van der Waals surface area contributed by atoms with Crippen molar-refractivity contribution < 1.29 is 23.1 Å². The van der Waals surface area contributed by atoms with E-state index in [9.17, 15) is 18.0 Å². The zero-order chi connectivity index (χ0) is 13.7. The second-order valence-corrected chi connectivity index (χ2v) is 6.37. The Morgan fingerprint density at radius 1 is 1.41 bits per heavy atom. The Balaban J connectivity index is 4.63. The molecule has 0 saturated heterocycles. The fraction of sp³-hybridized carbons (Fsp3) is 0.667. The number of nitrogens with zero attached hydrogens (tertiary/aromatic N) is 1. The predicted molar refractivity (Wildman–Crippen MR) is 58.7 cm³/mol. The summed E-state index contributed by atoms with van der Waals surface area (Å²) in [5.41, 5.74) is 0. The Kier molecular flexibility index (Phi) is 5.10. The van der Waals surface area contributed by atoms with Crippen molar-refractivity contribution in [2.24, 2.45) is 0 Å². The Morgan fingerprint density at radius 2 is 1.94 bits per heavy atom. The third-order valence-corrected chi connectivity index (χ3v) is 4.54. The number of carbonyl (C=O) groups excluding carboxylic acids is 1. The van der Waals surface area contributed by atoms with Crippen molar-refractivity contribution in [1.82, 2.24) is 5.32 Å². The van der Waals surface area contributed by atoms with Crippen molar-refractivity contribution >= 4 is 21.7 Å². The summed E-state index contributed by atoms with van der Waals surface area (Å²) in [6, 6.07) is 1.78. The van der Waals surface area contributed by atoms with Gasteiger partial charge in [0.05, 0.1) is 12.5 Å². The van der Waals surface area contributed by atoms with E-state index in [4.69, 9.17) is 10.4 Å². The van der Waals surface area contributed by atoms with Gasteiger partial charge in [-0.2, -0.15) is 5.26 Å². The minimum atomic E-state index is -4.09. The van der Waals surface area contributed by atoms with Gasteiger partial charge in [-0.3, -0.25) is 9.59 Å². The lowest BCUT2D eigenvalue weighted by atomic mass is 10.2. The molecule has 0 unspecified atom stereocenters. The van der Waals surface area contributed by atoms with Crippen LogP contribution in [0.2, 0.25) is 0 Å². The Hall–Kier alpha value is -1.62. The topological polar surface area (TPSA) is 124 Å². The first-order chi connectivity index (χ1) is 7.65. The molecule has 7 nitrogen and oxygen atoms in total. The van der Waals surface area contributed by atoms with Gasteiger partial charge in [0.1, 0.15) is 5.75 Å². The number of nitrogens with one attached hydrogen (secondary N) is 1. The summed E-state index contributed by atoms with van der Waals surface area (Å²) in [6.07, 6.45) is 0.0636. The molecule has 2 N–H and O–H groups in total. The smallest absolute Gasteiger partial charge is 0.324 e. The Labute approximate surface area is 99.3 Å². The highest BCUT2D eigenvalue weighted by Gasteiger charge is 2.42. The lowest BCUT2D eigenvalue weighted by molar-refractivity contribution is -0.139.